The Bertz CT molecular complexity index is 347. The van der Waals surface area contributed by atoms with Gasteiger partial charge in [0, 0.05) is 22.7 Å². The molecule has 4 fully saturated rings. The first-order valence-electron chi connectivity index (χ1n) is 10.8. The van der Waals surface area contributed by atoms with Gasteiger partial charge in [-0.05, 0) is 93.3 Å². The Balaban J connectivity index is 0.000000379. The SMILES string of the molecule is C[C]1[CH][P][C](CP(C2CCCCC2)C2CCCCC2)[C]1C.[CH]1[CH][CH][CH][CH]1.[Fe]. The number of hydrogen-bond acceptors (Lipinski definition) is 0. The molecule has 1 aliphatic heterocycles. The summed E-state index contributed by atoms with van der Waals surface area (Å²) in [5.41, 5.74) is 4.00. The van der Waals surface area contributed by atoms with Gasteiger partial charge in [-0.2, -0.15) is 0 Å². The van der Waals surface area contributed by atoms with Crippen molar-refractivity contribution >= 4 is 16.5 Å². The van der Waals surface area contributed by atoms with E-state index in [-0.39, 0.29) is 25.0 Å². The molecule has 0 aromatic heterocycles. The van der Waals surface area contributed by atoms with Crippen LogP contribution in [0.5, 0.6) is 0 Å². The van der Waals surface area contributed by atoms with Gasteiger partial charge < -0.3 is 0 Å². The molecule has 10 radical (unpaired) electrons. The molecule has 3 heteroatoms. The summed E-state index contributed by atoms with van der Waals surface area (Å²) in [5.74, 6) is 3.18. The van der Waals surface area contributed by atoms with Crippen LogP contribution in [-0.2, 0) is 17.1 Å². The monoisotopic (exact) mass is 442 g/mol. The Morgan fingerprint density at radius 3 is 1.59 bits per heavy atom. The fraction of sp³-hybridized carbons (Fsp3) is 0.625. The Labute approximate surface area is 184 Å². The van der Waals surface area contributed by atoms with E-state index in [0.29, 0.717) is 0 Å². The zero-order valence-electron chi connectivity index (χ0n) is 17.1. The van der Waals surface area contributed by atoms with Crippen molar-refractivity contribution in [3.8, 4) is 0 Å². The number of rotatable bonds is 4. The molecule has 27 heavy (non-hydrogen) atoms. The first-order valence-corrected chi connectivity index (χ1v) is 13.4. The van der Waals surface area contributed by atoms with Gasteiger partial charge >= 0.3 is 0 Å². The first-order chi connectivity index (χ1) is 12.8. The van der Waals surface area contributed by atoms with Crippen LogP contribution in [0, 0.1) is 55.8 Å². The van der Waals surface area contributed by atoms with Crippen molar-refractivity contribution in [2.75, 3.05) is 6.16 Å². The molecule has 0 atom stereocenters. The molecular formula is C24H36FeP2. The van der Waals surface area contributed by atoms with Gasteiger partial charge in [-0.3, -0.25) is 0 Å². The molecule has 0 amide bonds. The van der Waals surface area contributed by atoms with E-state index >= 15 is 0 Å². The molecule has 3 saturated carbocycles. The molecule has 0 nitrogen and oxygen atoms in total. The van der Waals surface area contributed by atoms with Crippen LogP contribution in [0.25, 0.3) is 0 Å². The molecule has 0 spiro atoms. The predicted molar refractivity (Wildman–Crippen MR) is 119 cm³/mol. The zero-order chi connectivity index (χ0) is 18.2. The third-order valence-electron chi connectivity index (χ3n) is 6.41. The smallest absolute Gasteiger partial charge is 0.0160 e. The third-order valence-corrected chi connectivity index (χ3v) is 11.6. The van der Waals surface area contributed by atoms with E-state index in [1.165, 1.54) is 53.3 Å². The second-order valence-electron chi connectivity index (χ2n) is 8.23. The fourth-order valence-electron chi connectivity index (χ4n) is 4.63. The molecule has 4 rings (SSSR count). The molecular weight excluding hydrogens is 406 g/mol. The van der Waals surface area contributed by atoms with Crippen LogP contribution in [0.15, 0.2) is 0 Å². The molecule has 0 N–H and O–H groups in total. The molecule has 1 saturated heterocycles. The number of hydrogen-bond donors (Lipinski definition) is 0. The maximum absolute atomic E-state index is 2.44. The van der Waals surface area contributed by atoms with Crippen LogP contribution < -0.4 is 0 Å². The molecule has 150 valence electrons. The Hall–Kier alpha value is 1.38. The van der Waals surface area contributed by atoms with Gasteiger partial charge in [0.1, 0.15) is 0 Å². The molecule has 0 aromatic rings. The second kappa shape index (κ2) is 13.6. The van der Waals surface area contributed by atoms with E-state index in [0.717, 1.165) is 11.3 Å². The van der Waals surface area contributed by atoms with E-state index in [4.69, 9.17) is 0 Å². The van der Waals surface area contributed by atoms with E-state index in [9.17, 15) is 0 Å². The maximum atomic E-state index is 2.44. The fourth-order valence-corrected chi connectivity index (χ4v) is 10.1. The Morgan fingerprint density at radius 1 is 0.778 bits per heavy atom. The van der Waals surface area contributed by atoms with Crippen molar-refractivity contribution in [3.63, 3.8) is 0 Å². The summed E-state index contributed by atoms with van der Waals surface area (Å²) in [6.45, 7) is 4.68. The summed E-state index contributed by atoms with van der Waals surface area (Å²) in [6.07, 6.45) is 29.2. The minimum Gasteiger partial charge on any atom is -0.0994 e. The van der Waals surface area contributed by atoms with Crippen molar-refractivity contribution in [3.05, 3.63) is 55.8 Å². The van der Waals surface area contributed by atoms with Gasteiger partial charge in [0.15, 0.2) is 0 Å². The van der Waals surface area contributed by atoms with Gasteiger partial charge in [0.05, 0.1) is 0 Å². The standard InChI is InChI=1S/C19H31P2.C5H5.Fe/c1-15-13-20-19(16(15)2)14-21(17-9-5-3-6-10-17)18-11-7-4-8-12-18;1-2-4-5-3-1;/h13,17-18H,3-12,14H2,1-2H3;1-5H;. The van der Waals surface area contributed by atoms with Gasteiger partial charge in [-0.15, -0.1) is 0 Å². The quantitative estimate of drug-likeness (QED) is 0.306. The second-order valence-corrected chi connectivity index (χ2v) is 12.1. The summed E-state index contributed by atoms with van der Waals surface area (Å²) in [6, 6.07) is 0. The van der Waals surface area contributed by atoms with Crippen molar-refractivity contribution < 1.29 is 17.1 Å². The van der Waals surface area contributed by atoms with Gasteiger partial charge in [0.25, 0.3) is 0 Å². The van der Waals surface area contributed by atoms with Crippen LogP contribution in [-0.4, -0.2) is 17.5 Å². The van der Waals surface area contributed by atoms with E-state index in [1.54, 1.807) is 43.2 Å². The molecule has 1 heterocycles. The van der Waals surface area contributed by atoms with E-state index in [2.05, 4.69) is 20.0 Å². The average molecular weight is 442 g/mol. The Morgan fingerprint density at radius 2 is 1.22 bits per heavy atom. The minimum absolute atomic E-state index is 0. The van der Waals surface area contributed by atoms with Gasteiger partial charge in [-0.1, -0.05) is 68.9 Å². The topological polar surface area (TPSA) is 0 Å². The Kier molecular flexibility index (Phi) is 12.4. The van der Waals surface area contributed by atoms with Crippen molar-refractivity contribution in [1.82, 2.24) is 0 Å². The molecule has 4 aliphatic rings. The summed E-state index contributed by atoms with van der Waals surface area (Å²) in [5, 5.41) is 0. The summed E-state index contributed by atoms with van der Waals surface area (Å²) in [7, 11) is 1.78. The van der Waals surface area contributed by atoms with Crippen molar-refractivity contribution in [1.29, 1.82) is 0 Å². The summed E-state index contributed by atoms with van der Waals surface area (Å²) in [4.78, 5) is 0. The zero-order valence-corrected chi connectivity index (χ0v) is 20.0. The van der Waals surface area contributed by atoms with Gasteiger partial charge in [-0.25, -0.2) is 0 Å². The summed E-state index contributed by atoms with van der Waals surface area (Å²) >= 11 is 0. The maximum Gasteiger partial charge on any atom is 0.0160 e. The molecule has 0 unspecified atom stereocenters. The van der Waals surface area contributed by atoms with E-state index < -0.39 is 0 Å². The van der Waals surface area contributed by atoms with Crippen LogP contribution in [0.1, 0.15) is 78.1 Å². The van der Waals surface area contributed by atoms with Crippen LogP contribution in [0.2, 0.25) is 0 Å². The molecule has 0 aromatic carbocycles. The summed E-state index contributed by atoms with van der Waals surface area (Å²) < 4.78 is 0. The van der Waals surface area contributed by atoms with Crippen LogP contribution in [0.3, 0.4) is 0 Å². The minimum atomic E-state index is 0. The average Bonchev–Trinajstić information content (AvgIpc) is 3.37. The largest absolute Gasteiger partial charge is 0.0994 e. The van der Waals surface area contributed by atoms with Crippen LogP contribution in [0.4, 0.5) is 0 Å². The molecule has 0 bridgehead atoms. The third kappa shape index (κ3) is 7.86. The normalized spacial score (nSPS) is 27.7. The first kappa shape index (κ1) is 24.6. The molecule has 3 aliphatic carbocycles. The van der Waals surface area contributed by atoms with E-state index in [1.807, 2.05) is 32.1 Å². The van der Waals surface area contributed by atoms with Gasteiger partial charge in [0.2, 0.25) is 0 Å². The van der Waals surface area contributed by atoms with Crippen LogP contribution >= 0.6 is 16.5 Å². The predicted octanol–water partition coefficient (Wildman–Crippen LogP) is 8.00. The van der Waals surface area contributed by atoms with Crippen molar-refractivity contribution in [2.24, 2.45) is 0 Å². The van der Waals surface area contributed by atoms with Crippen molar-refractivity contribution in [2.45, 2.75) is 89.4 Å².